The molecule has 29 heavy (non-hydrogen) atoms. The molecule has 1 amide bonds. The molecule has 3 rings (SSSR count). The minimum atomic E-state index is -1.08. The van der Waals surface area contributed by atoms with Gasteiger partial charge in [-0.2, -0.15) is 0 Å². The first-order valence-electron chi connectivity index (χ1n) is 9.07. The van der Waals surface area contributed by atoms with E-state index in [4.69, 9.17) is 4.74 Å². The monoisotopic (exact) mass is 419 g/mol. The number of ether oxygens (including phenoxy) is 1. The van der Waals surface area contributed by atoms with Crippen molar-refractivity contribution in [3.63, 3.8) is 0 Å². The molecule has 0 spiro atoms. The van der Waals surface area contributed by atoms with Gasteiger partial charge in [0.2, 0.25) is 0 Å². The molecule has 0 radical (unpaired) electrons. The molecular formula is C18H21N5O5S. The molecule has 1 aromatic carbocycles. The van der Waals surface area contributed by atoms with E-state index in [0.29, 0.717) is 29.4 Å². The van der Waals surface area contributed by atoms with Crippen LogP contribution in [0.4, 0.5) is 5.69 Å². The molecule has 1 aromatic heterocycles. The molecule has 1 aliphatic heterocycles. The number of hydrogen-bond acceptors (Lipinski definition) is 8. The predicted molar refractivity (Wildman–Crippen MR) is 104 cm³/mol. The van der Waals surface area contributed by atoms with Crippen LogP contribution >= 0.6 is 11.8 Å². The first-order chi connectivity index (χ1) is 13.8. The second kappa shape index (κ2) is 8.19. The number of nitrogens with zero attached hydrogens (tertiary/aromatic N) is 5. The molecule has 2 heterocycles. The van der Waals surface area contributed by atoms with Crippen LogP contribution in [0.25, 0.3) is 0 Å². The summed E-state index contributed by atoms with van der Waals surface area (Å²) in [5, 5.41) is 19.8. The Morgan fingerprint density at radius 3 is 2.79 bits per heavy atom. The zero-order chi connectivity index (χ0) is 21.2. The number of likely N-dealkylation sites (tertiary alicyclic amines) is 1. The number of carbonyl (C=O) groups is 2. The topological polar surface area (TPSA) is 120 Å². The van der Waals surface area contributed by atoms with Crippen molar-refractivity contribution in [2.45, 2.75) is 42.3 Å². The Kier molecular flexibility index (Phi) is 5.87. The maximum Gasteiger partial charge on any atom is 0.331 e. The molecule has 0 aliphatic carbocycles. The predicted octanol–water partition coefficient (Wildman–Crippen LogP) is 2.43. The fourth-order valence-corrected chi connectivity index (χ4v) is 4.14. The van der Waals surface area contributed by atoms with Crippen LogP contribution in [0.1, 0.15) is 37.0 Å². The van der Waals surface area contributed by atoms with E-state index in [-0.39, 0.29) is 17.9 Å². The minimum absolute atomic E-state index is 0.149. The summed E-state index contributed by atoms with van der Waals surface area (Å²) in [4.78, 5) is 38.4. The largest absolute Gasteiger partial charge is 0.464 e. The zero-order valence-electron chi connectivity index (χ0n) is 16.3. The van der Waals surface area contributed by atoms with E-state index in [1.54, 1.807) is 25.5 Å². The van der Waals surface area contributed by atoms with Gasteiger partial charge in [-0.1, -0.05) is 0 Å². The third-order valence-electron chi connectivity index (χ3n) is 4.88. The summed E-state index contributed by atoms with van der Waals surface area (Å²) in [5.41, 5.74) is -1.13. The molecule has 11 heteroatoms. The average Bonchev–Trinajstić information content (AvgIpc) is 3.28. The summed E-state index contributed by atoms with van der Waals surface area (Å²) in [6.07, 6.45) is 2.64. The van der Waals surface area contributed by atoms with Crippen LogP contribution in [0.15, 0.2) is 34.6 Å². The van der Waals surface area contributed by atoms with Gasteiger partial charge in [-0.05, 0) is 50.6 Å². The molecule has 1 aliphatic rings. The van der Waals surface area contributed by atoms with Crippen molar-refractivity contribution in [2.24, 2.45) is 7.05 Å². The number of hydrogen-bond donors (Lipinski definition) is 0. The van der Waals surface area contributed by atoms with Crippen LogP contribution in [0.3, 0.4) is 0 Å². The molecule has 2 aromatic rings. The quantitative estimate of drug-likeness (QED) is 0.398. The van der Waals surface area contributed by atoms with Crippen LogP contribution in [0, 0.1) is 10.1 Å². The van der Waals surface area contributed by atoms with Crippen molar-refractivity contribution in [1.29, 1.82) is 0 Å². The van der Waals surface area contributed by atoms with Gasteiger partial charge >= 0.3 is 5.97 Å². The smallest absolute Gasteiger partial charge is 0.331 e. The number of aryl methyl sites for hydroxylation is 1. The van der Waals surface area contributed by atoms with Gasteiger partial charge in [0, 0.05) is 25.2 Å². The number of amides is 1. The van der Waals surface area contributed by atoms with E-state index < -0.39 is 22.3 Å². The van der Waals surface area contributed by atoms with Crippen LogP contribution < -0.4 is 0 Å². The fraction of sp³-hybridized carbons (Fsp3) is 0.444. The molecule has 1 saturated heterocycles. The number of aromatic nitrogens is 3. The molecule has 1 fully saturated rings. The Morgan fingerprint density at radius 1 is 1.41 bits per heavy atom. The normalized spacial score (nSPS) is 18.7. The number of carbonyl (C=O) groups excluding carboxylic acids is 2. The summed E-state index contributed by atoms with van der Waals surface area (Å²) in [6.45, 7) is 3.98. The molecule has 0 bridgehead atoms. The lowest BCUT2D eigenvalue weighted by molar-refractivity contribution is -0.387. The number of rotatable bonds is 6. The Balaban J connectivity index is 1.91. The Labute approximate surface area is 171 Å². The van der Waals surface area contributed by atoms with Crippen molar-refractivity contribution in [3.8, 4) is 0 Å². The molecule has 0 N–H and O–H groups in total. The van der Waals surface area contributed by atoms with Crippen molar-refractivity contribution in [3.05, 3.63) is 40.2 Å². The van der Waals surface area contributed by atoms with Crippen LogP contribution in [-0.2, 0) is 16.6 Å². The van der Waals surface area contributed by atoms with E-state index in [1.165, 1.54) is 29.4 Å². The first kappa shape index (κ1) is 20.8. The lowest BCUT2D eigenvalue weighted by Gasteiger charge is -2.32. The van der Waals surface area contributed by atoms with Crippen molar-refractivity contribution in [1.82, 2.24) is 19.7 Å². The number of nitro benzene ring substituents is 1. The van der Waals surface area contributed by atoms with E-state index in [2.05, 4.69) is 10.2 Å². The number of esters is 1. The maximum absolute atomic E-state index is 13.1. The van der Waals surface area contributed by atoms with Crippen molar-refractivity contribution >= 4 is 29.3 Å². The highest BCUT2D eigenvalue weighted by molar-refractivity contribution is 7.99. The van der Waals surface area contributed by atoms with Gasteiger partial charge in [-0.25, -0.2) is 4.79 Å². The van der Waals surface area contributed by atoms with Crippen molar-refractivity contribution < 1.29 is 19.2 Å². The number of benzene rings is 1. The average molecular weight is 419 g/mol. The van der Waals surface area contributed by atoms with Gasteiger partial charge in [-0.3, -0.25) is 14.9 Å². The summed E-state index contributed by atoms with van der Waals surface area (Å²) in [6, 6.07) is 4.28. The molecule has 10 nitrogen and oxygen atoms in total. The van der Waals surface area contributed by atoms with Crippen LogP contribution in [0.2, 0.25) is 0 Å². The van der Waals surface area contributed by atoms with E-state index in [9.17, 15) is 19.7 Å². The molecule has 1 unspecified atom stereocenters. The third-order valence-corrected chi connectivity index (χ3v) is 5.99. The highest BCUT2D eigenvalue weighted by atomic mass is 32.2. The lowest BCUT2D eigenvalue weighted by atomic mass is 9.98. The highest BCUT2D eigenvalue weighted by Gasteiger charge is 2.47. The van der Waals surface area contributed by atoms with E-state index in [1.807, 2.05) is 0 Å². The van der Waals surface area contributed by atoms with Gasteiger partial charge in [0.25, 0.3) is 11.6 Å². The van der Waals surface area contributed by atoms with Crippen molar-refractivity contribution in [2.75, 3.05) is 13.2 Å². The fourth-order valence-electron chi connectivity index (χ4n) is 3.29. The van der Waals surface area contributed by atoms with Gasteiger partial charge in [0.1, 0.15) is 11.9 Å². The second-order valence-electron chi connectivity index (χ2n) is 6.82. The highest BCUT2D eigenvalue weighted by Crippen LogP contribution is 2.36. The lowest BCUT2D eigenvalue weighted by Crippen LogP contribution is -2.51. The maximum atomic E-state index is 13.1. The zero-order valence-corrected chi connectivity index (χ0v) is 17.1. The summed E-state index contributed by atoms with van der Waals surface area (Å²) in [5.74, 6) is -0.897. The summed E-state index contributed by atoms with van der Waals surface area (Å²) in [7, 11) is 1.73. The minimum Gasteiger partial charge on any atom is -0.464 e. The van der Waals surface area contributed by atoms with Crippen LogP contribution in [-0.4, -0.2) is 55.2 Å². The van der Waals surface area contributed by atoms with Gasteiger partial charge < -0.3 is 14.2 Å². The van der Waals surface area contributed by atoms with E-state index in [0.717, 1.165) is 11.8 Å². The molecule has 154 valence electrons. The summed E-state index contributed by atoms with van der Waals surface area (Å²) < 4.78 is 6.78. The standard InChI is InChI=1S/C18H21N5O5S/c1-4-28-16(25)18(2)8-5-9-22(18)15(24)12-6-7-14(13(10-12)23(26)27)29-17-20-19-11-21(17)3/h6-7,10-11H,4-5,8-9H2,1-3H3. The Morgan fingerprint density at radius 2 is 2.17 bits per heavy atom. The Bertz CT molecular complexity index is 962. The SMILES string of the molecule is CCOC(=O)C1(C)CCCN1C(=O)c1ccc(Sc2nncn2C)c([N+](=O)[O-])c1. The molecule has 1 atom stereocenters. The Hall–Kier alpha value is -2.95. The van der Waals surface area contributed by atoms with Gasteiger partial charge in [-0.15, -0.1) is 10.2 Å². The van der Waals surface area contributed by atoms with Gasteiger partial charge in [0.05, 0.1) is 16.4 Å². The number of nitro groups is 1. The van der Waals surface area contributed by atoms with Gasteiger partial charge in [0.15, 0.2) is 5.16 Å². The van der Waals surface area contributed by atoms with E-state index >= 15 is 0 Å². The first-order valence-corrected chi connectivity index (χ1v) is 9.89. The summed E-state index contributed by atoms with van der Waals surface area (Å²) >= 11 is 1.09. The third kappa shape index (κ3) is 3.95. The molecule has 0 saturated carbocycles. The second-order valence-corrected chi connectivity index (χ2v) is 7.83. The molecular weight excluding hydrogens is 398 g/mol. The van der Waals surface area contributed by atoms with Crippen LogP contribution in [0.5, 0.6) is 0 Å².